The van der Waals surface area contributed by atoms with Gasteiger partial charge in [-0.25, -0.2) is 9.67 Å². The Kier molecular flexibility index (Phi) is 5.00. The molecule has 2 heterocycles. The summed E-state index contributed by atoms with van der Waals surface area (Å²) in [6.07, 6.45) is 5.98. The van der Waals surface area contributed by atoms with E-state index in [0.29, 0.717) is 17.1 Å². The fourth-order valence-corrected chi connectivity index (χ4v) is 3.69. The minimum absolute atomic E-state index is 0.206. The Morgan fingerprint density at radius 1 is 1.15 bits per heavy atom. The van der Waals surface area contributed by atoms with Crippen LogP contribution >= 0.6 is 22.9 Å². The van der Waals surface area contributed by atoms with Gasteiger partial charge in [0.15, 0.2) is 5.13 Å². The van der Waals surface area contributed by atoms with Crippen LogP contribution in [0, 0.1) is 0 Å². The van der Waals surface area contributed by atoms with Crippen LogP contribution in [-0.4, -0.2) is 20.7 Å². The van der Waals surface area contributed by atoms with Crippen molar-refractivity contribution in [2.24, 2.45) is 0 Å². The van der Waals surface area contributed by atoms with E-state index in [1.165, 1.54) is 11.3 Å². The van der Waals surface area contributed by atoms with Crippen molar-refractivity contribution in [2.75, 3.05) is 5.32 Å². The van der Waals surface area contributed by atoms with Gasteiger partial charge in [0.25, 0.3) is 5.91 Å². The lowest BCUT2D eigenvalue weighted by molar-refractivity contribution is 0.102. The lowest BCUT2D eigenvalue weighted by atomic mass is 10.1. The molecule has 1 N–H and O–H groups in total. The van der Waals surface area contributed by atoms with Gasteiger partial charge in [0.2, 0.25) is 0 Å². The van der Waals surface area contributed by atoms with Crippen LogP contribution in [0.25, 0.3) is 5.69 Å². The molecule has 27 heavy (non-hydrogen) atoms. The third-order valence-corrected chi connectivity index (χ3v) is 5.26. The Hall–Kier alpha value is -2.96. The number of hydrogen-bond donors (Lipinski definition) is 1. The van der Waals surface area contributed by atoms with E-state index >= 15 is 0 Å². The van der Waals surface area contributed by atoms with Crippen molar-refractivity contribution in [2.45, 2.75) is 6.42 Å². The highest BCUT2D eigenvalue weighted by molar-refractivity contribution is 7.15. The number of thiazole rings is 1. The largest absolute Gasteiger partial charge is 0.298 e. The molecule has 0 aliphatic carbocycles. The van der Waals surface area contributed by atoms with Gasteiger partial charge in [-0.05, 0) is 35.9 Å². The summed E-state index contributed by atoms with van der Waals surface area (Å²) in [7, 11) is 0. The Bertz CT molecular complexity index is 1080. The van der Waals surface area contributed by atoms with Crippen molar-refractivity contribution < 1.29 is 4.79 Å². The highest BCUT2D eigenvalue weighted by Crippen LogP contribution is 2.25. The zero-order valence-corrected chi connectivity index (χ0v) is 15.7. The van der Waals surface area contributed by atoms with Gasteiger partial charge in [-0.15, -0.1) is 11.3 Å². The fraction of sp³-hybridized carbons (Fsp3) is 0.0500. The van der Waals surface area contributed by atoms with Crippen LogP contribution in [-0.2, 0) is 6.42 Å². The summed E-state index contributed by atoms with van der Waals surface area (Å²) >= 11 is 7.65. The molecule has 2 aromatic carbocycles. The molecule has 0 unspecified atom stereocenters. The van der Waals surface area contributed by atoms with Gasteiger partial charge in [-0.2, -0.15) is 5.10 Å². The zero-order chi connectivity index (χ0) is 18.6. The maximum absolute atomic E-state index is 12.6. The molecule has 0 aliphatic heterocycles. The van der Waals surface area contributed by atoms with Crippen LogP contribution in [0.4, 0.5) is 5.13 Å². The molecule has 0 radical (unpaired) electrons. The summed E-state index contributed by atoms with van der Waals surface area (Å²) < 4.78 is 1.71. The fourth-order valence-electron chi connectivity index (χ4n) is 2.66. The number of carbonyl (C=O) groups excluding carboxylic acids is 1. The number of amides is 1. The van der Waals surface area contributed by atoms with E-state index in [4.69, 9.17) is 11.6 Å². The Morgan fingerprint density at radius 2 is 2.04 bits per heavy atom. The van der Waals surface area contributed by atoms with Gasteiger partial charge in [-0.1, -0.05) is 35.9 Å². The molecular weight excluding hydrogens is 380 g/mol. The number of benzene rings is 2. The predicted octanol–water partition coefficient (Wildman–Crippen LogP) is 4.83. The Labute approximate surface area is 165 Å². The number of rotatable bonds is 5. The van der Waals surface area contributed by atoms with E-state index in [9.17, 15) is 4.79 Å². The van der Waals surface area contributed by atoms with E-state index in [-0.39, 0.29) is 5.91 Å². The first-order valence-electron chi connectivity index (χ1n) is 8.28. The van der Waals surface area contributed by atoms with Gasteiger partial charge >= 0.3 is 0 Å². The molecule has 0 saturated heterocycles. The third kappa shape index (κ3) is 4.07. The van der Waals surface area contributed by atoms with Crippen LogP contribution < -0.4 is 5.32 Å². The predicted molar refractivity (Wildman–Crippen MR) is 108 cm³/mol. The maximum Gasteiger partial charge on any atom is 0.257 e. The van der Waals surface area contributed by atoms with Crippen LogP contribution in [0.3, 0.4) is 0 Å². The van der Waals surface area contributed by atoms with Crippen molar-refractivity contribution in [1.82, 2.24) is 14.8 Å². The van der Waals surface area contributed by atoms with Crippen molar-refractivity contribution >= 4 is 34.0 Å². The Morgan fingerprint density at radius 3 is 2.85 bits per heavy atom. The Balaban J connectivity index is 1.47. The van der Waals surface area contributed by atoms with Crippen molar-refractivity contribution in [3.05, 3.63) is 94.2 Å². The number of halogens is 1. The lowest BCUT2D eigenvalue weighted by Gasteiger charge is -2.05. The van der Waals surface area contributed by atoms with Crippen molar-refractivity contribution in [1.29, 1.82) is 0 Å². The van der Waals surface area contributed by atoms with E-state index in [1.54, 1.807) is 29.2 Å². The number of carbonyl (C=O) groups is 1. The van der Waals surface area contributed by atoms with E-state index in [0.717, 1.165) is 21.2 Å². The topological polar surface area (TPSA) is 59.8 Å². The average molecular weight is 395 g/mol. The SMILES string of the molecule is O=C(Nc1ncc(Cc2ccccc2Cl)s1)c1cccc(-n2cccn2)c1. The molecule has 134 valence electrons. The van der Waals surface area contributed by atoms with Crippen LogP contribution in [0.2, 0.25) is 5.02 Å². The summed E-state index contributed by atoms with van der Waals surface area (Å²) in [4.78, 5) is 17.9. The number of anilines is 1. The molecular formula is C20H15ClN4OS. The highest BCUT2D eigenvalue weighted by atomic mass is 35.5. The molecule has 1 amide bonds. The molecule has 0 bridgehead atoms. The molecule has 0 saturated carbocycles. The smallest absolute Gasteiger partial charge is 0.257 e. The number of nitrogens with zero attached hydrogens (tertiary/aromatic N) is 3. The number of nitrogens with one attached hydrogen (secondary N) is 1. The standard InChI is InChI=1S/C20H15ClN4OS/c21-18-8-2-1-5-14(18)12-17-13-22-20(27-17)24-19(26)15-6-3-7-16(11-15)25-10-4-9-23-25/h1-11,13H,12H2,(H,22,24,26). The summed E-state index contributed by atoms with van der Waals surface area (Å²) in [6, 6.07) is 16.8. The minimum Gasteiger partial charge on any atom is -0.298 e. The second kappa shape index (κ2) is 7.73. The van der Waals surface area contributed by atoms with Crippen LogP contribution in [0.15, 0.2) is 73.2 Å². The van der Waals surface area contributed by atoms with Gasteiger partial charge in [0.05, 0.1) is 5.69 Å². The van der Waals surface area contributed by atoms with Crippen LogP contribution in [0.1, 0.15) is 20.8 Å². The maximum atomic E-state index is 12.6. The minimum atomic E-state index is -0.206. The summed E-state index contributed by atoms with van der Waals surface area (Å²) in [5.41, 5.74) is 2.41. The van der Waals surface area contributed by atoms with Crippen molar-refractivity contribution in [3.8, 4) is 5.69 Å². The third-order valence-electron chi connectivity index (χ3n) is 3.97. The normalized spacial score (nSPS) is 10.7. The first-order valence-corrected chi connectivity index (χ1v) is 9.48. The first kappa shape index (κ1) is 17.5. The highest BCUT2D eigenvalue weighted by Gasteiger charge is 2.11. The summed E-state index contributed by atoms with van der Waals surface area (Å²) in [5, 5.41) is 8.33. The van der Waals surface area contributed by atoms with E-state index < -0.39 is 0 Å². The quantitative estimate of drug-likeness (QED) is 0.527. The summed E-state index contributed by atoms with van der Waals surface area (Å²) in [5.74, 6) is -0.206. The number of aromatic nitrogens is 3. The number of hydrogen-bond acceptors (Lipinski definition) is 4. The van der Waals surface area contributed by atoms with Gasteiger partial charge in [0, 0.05) is 40.5 Å². The molecule has 4 rings (SSSR count). The first-order chi connectivity index (χ1) is 13.2. The molecule has 2 aromatic heterocycles. The molecule has 5 nitrogen and oxygen atoms in total. The average Bonchev–Trinajstić information content (AvgIpc) is 3.36. The van der Waals surface area contributed by atoms with Crippen LogP contribution in [0.5, 0.6) is 0 Å². The summed E-state index contributed by atoms with van der Waals surface area (Å²) in [6.45, 7) is 0. The molecule has 4 aromatic rings. The van der Waals surface area contributed by atoms with Gasteiger partial charge in [-0.3, -0.25) is 10.1 Å². The second-order valence-electron chi connectivity index (χ2n) is 5.85. The van der Waals surface area contributed by atoms with E-state index in [2.05, 4.69) is 15.4 Å². The monoisotopic (exact) mass is 394 g/mol. The lowest BCUT2D eigenvalue weighted by Crippen LogP contribution is -2.12. The molecule has 0 spiro atoms. The van der Waals surface area contributed by atoms with Gasteiger partial charge in [0.1, 0.15) is 0 Å². The van der Waals surface area contributed by atoms with E-state index in [1.807, 2.05) is 48.7 Å². The molecule has 0 atom stereocenters. The molecule has 0 fully saturated rings. The van der Waals surface area contributed by atoms with Gasteiger partial charge < -0.3 is 0 Å². The zero-order valence-electron chi connectivity index (χ0n) is 14.2. The molecule has 7 heteroatoms. The second-order valence-corrected chi connectivity index (χ2v) is 7.38. The molecule has 0 aliphatic rings. The van der Waals surface area contributed by atoms with Crippen molar-refractivity contribution in [3.63, 3.8) is 0 Å².